The SMILES string of the molecule is CCOC(=O)[C@H]1CCCN[C@H]1c1ccc(NC2CCCC2)cc1. The van der Waals surface area contributed by atoms with E-state index in [-0.39, 0.29) is 17.9 Å². The number of benzene rings is 1. The van der Waals surface area contributed by atoms with Gasteiger partial charge in [0, 0.05) is 17.8 Å². The largest absolute Gasteiger partial charge is 0.466 e. The minimum absolute atomic E-state index is 0.0714. The summed E-state index contributed by atoms with van der Waals surface area (Å²) in [5.41, 5.74) is 2.36. The molecule has 1 aromatic rings. The van der Waals surface area contributed by atoms with Gasteiger partial charge in [0.1, 0.15) is 0 Å². The summed E-state index contributed by atoms with van der Waals surface area (Å²) in [4.78, 5) is 12.2. The fourth-order valence-electron chi connectivity index (χ4n) is 3.83. The average Bonchev–Trinajstić information content (AvgIpc) is 3.09. The van der Waals surface area contributed by atoms with Gasteiger partial charge in [-0.15, -0.1) is 0 Å². The van der Waals surface area contributed by atoms with Crippen LogP contribution < -0.4 is 10.6 Å². The lowest BCUT2D eigenvalue weighted by molar-refractivity contribution is -0.150. The smallest absolute Gasteiger partial charge is 0.310 e. The second kappa shape index (κ2) is 7.82. The number of rotatable bonds is 5. The highest BCUT2D eigenvalue weighted by Crippen LogP contribution is 2.31. The summed E-state index contributed by atoms with van der Waals surface area (Å²) < 4.78 is 5.25. The van der Waals surface area contributed by atoms with Crippen molar-refractivity contribution in [3.05, 3.63) is 29.8 Å². The third kappa shape index (κ3) is 4.05. The molecule has 1 aromatic carbocycles. The van der Waals surface area contributed by atoms with E-state index in [9.17, 15) is 4.79 Å². The Morgan fingerprint density at radius 3 is 2.61 bits per heavy atom. The molecule has 1 saturated carbocycles. The first-order chi connectivity index (χ1) is 11.3. The summed E-state index contributed by atoms with van der Waals surface area (Å²) in [6.45, 7) is 3.28. The normalized spacial score (nSPS) is 25.3. The molecule has 0 amide bonds. The Morgan fingerprint density at radius 1 is 1.17 bits per heavy atom. The van der Waals surface area contributed by atoms with Crippen molar-refractivity contribution in [2.24, 2.45) is 5.92 Å². The van der Waals surface area contributed by atoms with Crippen LogP contribution in [-0.4, -0.2) is 25.2 Å². The van der Waals surface area contributed by atoms with Gasteiger partial charge in [0.2, 0.25) is 0 Å². The summed E-state index contributed by atoms with van der Waals surface area (Å²) >= 11 is 0. The molecule has 126 valence electrons. The number of nitrogens with one attached hydrogen (secondary N) is 2. The quantitative estimate of drug-likeness (QED) is 0.814. The lowest BCUT2D eigenvalue weighted by Gasteiger charge is -2.31. The molecule has 0 unspecified atom stereocenters. The molecule has 23 heavy (non-hydrogen) atoms. The van der Waals surface area contributed by atoms with Crippen LogP contribution in [0.15, 0.2) is 24.3 Å². The van der Waals surface area contributed by atoms with Crippen molar-refractivity contribution in [3.8, 4) is 0 Å². The number of hydrogen-bond acceptors (Lipinski definition) is 4. The zero-order chi connectivity index (χ0) is 16.1. The molecule has 0 radical (unpaired) electrons. The van der Waals surface area contributed by atoms with E-state index in [1.165, 1.54) is 36.9 Å². The predicted molar refractivity (Wildman–Crippen MR) is 92.4 cm³/mol. The summed E-state index contributed by atoms with van der Waals surface area (Å²) in [5, 5.41) is 7.11. The Kier molecular flexibility index (Phi) is 5.55. The molecule has 0 aromatic heterocycles. The topological polar surface area (TPSA) is 50.4 Å². The Bertz CT molecular complexity index is 509. The molecule has 1 aliphatic carbocycles. The molecule has 0 bridgehead atoms. The van der Waals surface area contributed by atoms with Crippen LogP contribution in [0.2, 0.25) is 0 Å². The number of carbonyl (C=O) groups is 1. The second-order valence-electron chi connectivity index (χ2n) is 6.68. The highest BCUT2D eigenvalue weighted by molar-refractivity contribution is 5.74. The zero-order valence-electron chi connectivity index (χ0n) is 14.0. The molecule has 2 aliphatic rings. The minimum Gasteiger partial charge on any atom is -0.466 e. The molecule has 4 nitrogen and oxygen atoms in total. The molecular formula is C19H28N2O2. The highest BCUT2D eigenvalue weighted by Gasteiger charge is 2.32. The van der Waals surface area contributed by atoms with Gasteiger partial charge in [-0.25, -0.2) is 0 Å². The molecule has 4 heteroatoms. The third-order valence-electron chi connectivity index (χ3n) is 5.04. The summed E-state index contributed by atoms with van der Waals surface area (Å²) in [6.07, 6.45) is 7.15. The van der Waals surface area contributed by atoms with Crippen molar-refractivity contribution in [1.29, 1.82) is 0 Å². The Balaban J connectivity index is 1.67. The van der Waals surface area contributed by atoms with E-state index in [1.54, 1.807) is 0 Å². The molecule has 2 fully saturated rings. The van der Waals surface area contributed by atoms with Crippen molar-refractivity contribution < 1.29 is 9.53 Å². The van der Waals surface area contributed by atoms with Gasteiger partial charge in [0.05, 0.1) is 12.5 Å². The van der Waals surface area contributed by atoms with Crippen molar-refractivity contribution >= 4 is 11.7 Å². The number of carbonyl (C=O) groups excluding carboxylic acids is 1. The van der Waals surface area contributed by atoms with E-state index in [0.717, 1.165) is 19.4 Å². The van der Waals surface area contributed by atoms with E-state index in [2.05, 4.69) is 34.9 Å². The standard InChI is InChI=1S/C19H28N2O2/c1-2-23-19(22)17-8-5-13-20-18(17)14-9-11-16(12-10-14)21-15-6-3-4-7-15/h9-12,15,17-18,20-21H,2-8,13H2,1H3/t17-,18-/m0/s1. The first-order valence-electron chi connectivity index (χ1n) is 9.04. The number of ether oxygens (including phenoxy) is 1. The van der Waals surface area contributed by atoms with Crippen LogP contribution in [0.1, 0.15) is 57.1 Å². The van der Waals surface area contributed by atoms with Gasteiger partial charge in [-0.3, -0.25) is 4.79 Å². The Hall–Kier alpha value is -1.55. The zero-order valence-corrected chi connectivity index (χ0v) is 14.0. The van der Waals surface area contributed by atoms with Gasteiger partial charge in [0.25, 0.3) is 0 Å². The van der Waals surface area contributed by atoms with Crippen LogP contribution in [-0.2, 0) is 9.53 Å². The number of hydrogen-bond donors (Lipinski definition) is 2. The first kappa shape index (κ1) is 16.3. The van der Waals surface area contributed by atoms with Crippen molar-refractivity contribution in [2.75, 3.05) is 18.5 Å². The molecule has 0 spiro atoms. The first-order valence-corrected chi connectivity index (χ1v) is 9.04. The van der Waals surface area contributed by atoms with E-state index in [1.807, 2.05) is 6.92 Å². The van der Waals surface area contributed by atoms with Crippen molar-refractivity contribution in [2.45, 2.75) is 57.5 Å². The van der Waals surface area contributed by atoms with Gasteiger partial charge in [-0.1, -0.05) is 25.0 Å². The maximum Gasteiger partial charge on any atom is 0.310 e. The Labute approximate surface area is 139 Å². The molecule has 2 N–H and O–H groups in total. The maximum absolute atomic E-state index is 12.2. The number of piperidine rings is 1. The van der Waals surface area contributed by atoms with Gasteiger partial charge >= 0.3 is 5.97 Å². The van der Waals surface area contributed by atoms with E-state index in [4.69, 9.17) is 4.74 Å². The van der Waals surface area contributed by atoms with Gasteiger partial charge < -0.3 is 15.4 Å². The van der Waals surface area contributed by atoms with Gasteiger partial charge in [-0.05, 0) is 56.8 Å². The lowest BCUT2D eigenvalue weighted by Crippen LogP contribution is -2.39. The average molecular weight is 316 g/mol. The molecule has 3 rings (SSSR count). The van der Waals surface area contributed by atoms with Crippen molar-refractivity contribution in [3.63, 3.8) is 0 Å². The van der Waals surface area contributed by atoms with Crippen LogP contribution in [0.3, 0.4) is 0 Å². The summed E-state index contributed by atoms with van der Waals surface area (Å²) in [7, 11) is 0. The molecule has 1 aliphatic heterocycles. The predicted octanol–water partition coefficient (Wildman–Crippen LogP) is 3.64. The van der Waals surface area contributed by atoms with Crippen LogP contribution >= 0.6 is 0 Å². The van der Waals surface area contributed by atoms with Gasteiger partial charge in [-0.2, -0.15) is 0 Å². The molecule has 1 heterocycles. The second-order valence-corrected chi connectivity index (χ2v) is 6.68. The van der Waals surface area contributed by atoms with Crippen molar-refractivity contribution in [1.82, 2.24) is 5.32 Å². The van der Waals surface area contributed by atoms with Crippen LogP contribution in [0.25, 0.3) is 0 Å². The minimum atomic E-state index is -0.0719. The van der Waals surface area contributed by atoms with E-state index >= 15 is 0 Å². The molecule has 1 saturated heterocycles. The maximum atomic E-state index is 12.2. The summed E-state index contributed by atoms with van der Waals surface area (Å²) in [6, 6.07) is 9.28. The van der Waals surface area contributed by atoms with Crippen LogP contribution in [0, 0.1) is 5.92 Å². The van der Waals surface area contributed by atoms with E-state index < -0.39 is 0 Å². The fraction of sp³-hybridized carbons (Fsp3) is 0.632. The van der Waals surface area contributed by atoms with Crippen LogP contribution in [0.4, 0.5) is 5.69 Å². The number of anilines is 1. The molecular weight excluding hydrogens is 288 g/mol. The highest BCUT2D eigenvalue weighted by atomic mass is 16.5. The van der Waals surface area contributed by atoms with Gasteiger partial charge in [0.15, 0.2) is 0 Å². The molecule has 2 atom stereocenters. The lowest BCUT2D eigenvalue weighted by atomic mass is 9.86. The monoisotopic (exact) mass is 316 g/mol. The third-order valence-corrected chi connectivity index (χ3v) is 5.04. The van der Waals surface area contributed by atoms with E-state index in [0.29, 0.717) is 12.6 Å². The fourth-order valence-corrected chi connectivity index (χ4v) is 3.83. The summed E-state index contributed by atoms with van der Waals surface area (Å²) in [5.74, 6) is -0.143. The number of esters is 1. The Morgan fingerprint density at radius 2 is 1.91 bits per heavy atom. The van der Waals surface area contributed by atoms with Crippen LogP contribution in [0.5, 0.6) is 0 Å².